The van der Waals surface area contributed by atoms with Crippen molar-refractivity contribution in [1.29, 1.82) is 0 Å². The molecule has 3 aromatic rings. The van der Waals surface area contributed by atoms with Gasteiger partial charge in [0.15, 0.2) is 11.0 Å². The van der Waals surface area contributed by atoms with Gasteiger partial charge in [0, 0.05) is 34.4 Å². The maximum Gasteiger partial charge on any atom is 0.196 e. The first-order valence-electron chi connectivity index (χ1n) is 7.74. The van der Waals surface area contributed by atoms with E-state index in [0.717, 1.165) is 28.0 Å². The molecule has 0 atom stereocenters. The van der Waals surface area contributed by atoms with E-state index in [1.54, 1.807) is 12.4 Å². The van der Waals surface area contributed by atoms with Crippen molar-refractivity contribution in [2.45, 2.75) is 12.1 Å². The molecule has 0 spiro atoms. The lowest BCUT2D eigenvalue weighted by Gasteiger charge is -2.11. The van der Waals surface area contributed by atoms with Crippen LogP contribution in [0.15, 0.2) is 65.6 Å². The van der Waals surface area contributed by atoms with Crippen LogP contribution in [0.25, 0.3) is 17.1 Å². The van der Waals surface area contributed by atoms with Gasteiger partial charge in [-0.3, -0.25) is 9.55 Å². The van der Waals surface area contributed by atoms with Gasteiger partial charge in [0.2, 0.25) is 0 Å². The summed E-state index contributed by atoms with van der Waals surface area (Å²) in [4.78, 5) is 4.17. The van der Waals surface area contributed by atoms with Gasteiger partial charge in [-0.05, 0) is 43.3 Å². The summed E-state index contributed by atoms with van der Waals surface area (Å²) < 4.78 is 7.50. The number of benzene rings is 1. The van der Waals surface area contributed by atoms with Gasteiger partial charge < -0.3 is 4.74 Å². The number of thioether (sulfide) groups is 1. The van der Waals surface area contributed by atoms with Gasteiger partial charge in [-0.1, -0.05) is 29.9 Å². The van der Waals surface area contributed by atoms with Gasteiger partial charge in [-0.25, -0.2) is 0 Å². The topological polar surface area (TPSA) is 52.8 Å². The Labute approximate surface area is 155 Å². The molecule has 1 aromatic carbocycles. The van der Waals surface area contributed by atoms with Gasteiger partial charge in [0.05, 0.1) is 6.61 Å². The van der Waals surface area contributed by atoms with Crippen LogP contribution < -0.4 is 4.74 Å². The molecule has 128 valence electrons. The van der Waals surface area contributed by atoms with Crippen molar-refractivity contribution < 1.29 is 4.74 Å². The first kappa shape index (κ1) is 17.5. The maximum atomic E-state index is 5.91. The fourth-order valence-electron chi connectivity index (χ4n) is 2.28. The van der Waals surface area contributed by atoms with E-state index in [0.29, 0.717) is 17.4 Å². The second-order valence-corrected chi connectivity index (χ2v) is 6.59. The molecule has 0 unspecified atom stereocenters. The molecule has 3 rings (SSSR count). The van der Waals surface area contributed by atoms with E-state index >= 15 is 0 Å². The lowest BCUT2D eigenvalue weighted by Crippen LogP contribution is -2.00. The highest BCUT2D eigenvalue weighted by molar-refractivity contribution is 7.99. The van der Waals surface area contributed by atoms with Crippen LogP contribution in [-0.2, 0) is 0 Å². The Bertz CT molecular complexity index is 849. The predicted octanol–water partition coefficient (Wildman–Crippen LogP) is 4.57. The van der Waals surface area contributed by atoms with Gasteiger partial charge in [-0.15, -0.1) is 10.2 Å². The molecule has 0 saturated carbocycles. The van der Waals surface area contributed by atoms with Crippen molar-refractivity contribution in [3.63, 3.8) is 0 Å². The van der Waals surface area contributed by atoms with Gasteiger partial charge >= 0.3 is 0 Å². The van der Waals surface area contributed by atoms with Crippen LogP contribution in [0.3, 0.4) is 0 Å². The largest absolute Gasteiger partial charge is 0.494 e. The molecule has 7 heteroatoms. The van der Waals surface area contributed by atoms with Crippen LogP contribution in [0.5, 0.6) is 5.75 Å². The highest BCUT2D eigenvalue weighted by Gasteiger charge is 2.16. The number of hydrogen-bond acceptors (Lipinski definition) is 5. The van der Waals surface area contributed by atoms with Gasteiger partial charge in [-0.2, -0.15) is 0 Å². The summed E-state index contributed by atoms with van der Waals surface area (Å²) in [5, 5.41) is 9.97. The lowest BCUT2D eigenvalue weighted by molar-refractivity contribution is 0.340. The molecule has 2 heterocycles. The van der Waals surface area contributed by atoms with E-state index in [9.17, 15) is 0 Å². The maximum absolute atomic E-state index is 5.91. The summed E-state index contributed by atoms with van der Waals surface area (Å²) in [6.45, 7) is 6.32. The third kappa shape index (κ3) is 4.21. The highest BCUT2D eigenvalue weighted by Crippen LogP contribution is 2.29. The first-order chi connectivity index (χ1) is 12.2. The SMILES string of the molecule is C=C(Cl)CSc1nnc(-c2cccnc2)n1-c1ccc(OCC)cc1. The standard InChI is InChI=1S/C18H17ClN4OS/c1-3-24-16-8-6-15(7-9-16)23-17(14-5-4-10-20-11-14)21-22-18(23)25-12-13(2)19/h4-11H,2-3,12H2,1H3. The number of aromatic nitrogens is 4. The van der Waals surface area contributed by atoms with Crippen molar-refractivity contribution in [2.24, 2.45) is 0 Å². The monoisotopic (exact) mass is 372 g/mol. The Morgan fingerprint density at radius 3 is 2.68 bits per heavy atom. The Hall–Kier alpha value is -2.31. The third-order valence-electron chi connectivity index (χ3n) is 3.32. The smallest absolute Gasteiger partial charge is 0.196 e. The molecule has 0 aliphatic rings. The van der Waals surface area contributed by atoms with E-state index < -0.39 is 0 Å². The summed E-state index contributed by atoms with van der Waals surface area (Å²) >= 11 is 7.39. The fourth-order valence-corrected chi connectivity index (χ4v) is 3.15. The second kappa shape index (κ2) is 8.18. The Morgan fingerprint density at radius 1 is 1.24 bits per heavy atom. The number of ether oxygens (including phenoxy) is 1. The van der Waals surface area contributed by atoms with E-state index in [1.165, 1.54) is 11.8 Å². The summed E-state index contributed by atoms with van der Waals surface area (Å²) in [7, 11) is 0. The number of nitrogens with zero attached hydrogens (tertiary/aromatic N) is 4. The lowest BCUT2D eigenvalue weighted by atomic mass is 10.2. The van der Waals surface area contributed by atoms with Crippen LogP contribution >= 0.6 is 23.4 Å². The first-order valence-corrected chi connectivity index (χ1v) is 9.10. The number of hydrogen-bond donors (Lipinski definition) is 0. The molecule has 0 aliphatic heterocycles. The summed E-state index contributed by atoms with van der Waals surface area (Å²) in [5.74, 6) is 2.11. The normalized spacial score (nSPS) is 10.6. The van der Waals surface area contributed by atoms with Crippen molar-refractivity contribution >= 4 is 23.4 Å². The van der Waals surface area contributed by atoms with Crippen molar-refractivity contribution in [2.75, 3.05) is 12.4 Å². The molecule has 0 bridgehead atoms. The average Bonchev–Trinajstić information content (AvgIpc) is 3.05. The Balaban J connectivity index is 2.04. The molecule has 0 radical (unpaired) electrons. The molecule has 2 aromatic heterocycles. The summed E-state index contributed by atoms with van der Waals surface area (Å²) in [6.07, 6.45) is 3.50. The highest BCUT2D eigenvalue weighted by atomic mass is 35.5. The molecule has 0 N–H and O–H groups in total. The van der Waals surface area contributed by atoms with Crippen LogP contribution in [0, 0.1) is 0 Å². The molecular formula is C18H17ClN4OS. The fraction of sp³-hybridized carbons (Fsp3) is 0.167. The van der Waals surface area contributed by atoms with Crippen molar-refractivity contribution in [3.8, 4) is 22.8 Å². The molecule has 0 fully saturated rings. The molecule has 0 aliphatic carbocycles. The molecule has 25 heavy (non-hydrogen) atoms. The predicted molar refractivity (Wildman–Crippen MR) is 101 cm³/mol. The number of rotatable bonds is 7. The van der Waals surface area contributed by atoms with E-state index in [-0.39, 0.29) is 0 Å². The van der Waals surface area contributed by atoms with Crippen LogP contribution in [-0.4, -0.2) is 32.1 Å². The average molecular weight is 373 g/mol. The molecular weight excluding hydrogens is 356 g/mol. The van der Waals surface area contributed by atoms with Crippen LogP contribution in [0.2, 0.25) is 0 Å². The summed E-state index contributed by atoms with van der Waals surface area (Å²) in [5.41, 5.74) is 1.83. The minimum atomic E-state index is 0.559. The van der Waals surface area contributed by atoms with Crippen LogP contribution in [0.4, 0.5) is 0 Å². The van der Waals surface area contributed by atoms with E-state index in [4.69, 9.17) is 16.3 Å². The van der Waals surface area contributed by atoms with Gasteiger partial charge in [0.1, 0.15) is 5.75 Å². The molecule has 0 saturated heterocycles. The number of halogens is 1. The summed E-state index contributed by atoms with van der Waals surface area (Å²) in [6, 6.07) is 11.7. The van der Waals surface area contributed by atoms with Gasteiger partial charge in [0.25, 0.3) is 0 Å². The zero-order valence-electron chi connectivity index (χ0n) is 13.7. The Kier molecular flexibility index (Phi) is 5.73. The van der Waals surface area contributed by atoms with Crippen LogP contribution in [0.1, 0.15) is 6.92 Å². The van der Waals surface area contributed by atoms with E-state index in [2.05, 4.69) is 21.8 Å². The Morgan fingerprint density at radius 2 is 2.04 bits per heavy atom. The zero-order valence-corrected chi connectivity index (χ0v) is 15.3. The third-order valence-corrected chi connectivity index (χ3v) is 4.62. The van der Waals surface area contributed by atoms with Crippen molar-refractivity contribution in [1.82, 2.24) is 19.7 Å². The van der Waals surface area contributed by atoms with E-state index in [1.807, 2.05) is 47.9 Å². The zero-order chi connectivity index (χ0) is 17.6. The second-order valence-electron chi connectivity index (χ2n) is 5.12. The quantitative estimate of drug-likeness (QED) is 0.568. The molecule has 0 amide bonds. The molecule has 5 nitrogen and oxygen atoms in total. The van der Waals surface area contributed by atoms with Crippen molar-refractivity contribution in [3.05, 3.63) is 60.4 Å². The minimum absolute atomic E-state index is 0.559. The number of pyridine rings is 1. The minimum Gasteiger partial charge on any atom is -0.494 e.